The summed E-state index contributed by atoms with van der Waals surface area (Å²) >= 11 is 0. The van der Waals surface area contributed by atoms with E-state index in [1.54, 1.807) is 0 Å². The van der Waals surface area contributed by atoms with Crippen LogP contribution in [-0.4, -0.2) is 57.5 Å². The van der Waals surface area contributed by atoms with Gasteiger partial charge in [-0.2, -0.15) is 21.6 Å². The number of nitrogens with zero attached hydrogens (tertiary/aromatic N) is 1. The molecule has 37 heavy (non-hydrogen) atoms. The number of halogens is 4. The Labute approximate surface area is 206 Å². The van der Waals surface area contributed by atoms with E-state index in [0.29, 0.717) is 18.5 Å². The van der Waals surface area contributed by atoms with Crippen LogP contribution < -0.4 is 14.2 Å². The van der Waals surface area contributed by atoms with Crippen LogP contribution in [-0.2, 0) is 19.8 Å². The van der Waals surface area contributed by atoms with E-state index in [4.69, 9.17) is 4.74 Å². The van der Waals surface area contributed by atoms with Crippen molar-refractivity contribution in [2.45, 2.75) is 18.3 Å². The van der Waals surface area contributed by atoms with E-state index in [0.717, 1.165) is 39.2 Å². The molecular weight excluding hydrogens is 532 g/mol. The van der Waals surface area contributed by atoms with E-state index in [1.165, 1.54) is 6.07 Å². The molecule has 3 rings (SSSR count). The van der Waals surface area contributed by atoms with Crippen LogP contribution in [0.25, 0.3) is 11.1 Å². The Morgan fingerprint density at radius 1 is 1.05 bits per heavy atom. The van der Waals surface area contributed by atoms with Gasteiger partial charge in [0.2, 0.25) is 0 Å². The molecule has 1 saturated carbocycles. The molecule has 1 aliphatic carbocycles. The first-order valence-electron chi connectivity index (χ1n) is 10.3. The Balaban J connectivity index is 2.17. The Morgan fingerprint density at radius 3 is 2.27 bits per heavy atom. The molecule has 1 fully saturated rings. The van der Waals surface area contributed by atoms with Crippen LogP contribution in [0.2, 0.25) is 0 Å². The van der Waals surface area contributed by atoms with Crippen molar-refractivity contribution in [3.8, 4) is 22.6 Å². The lowest BCUT2D eigenvalue weighted by Crippen LogP contribution is -2.28. The first-order valence-corrected chi connectivity index (χ1v) is 11.7. The molecule has 1 heterocycles. The number of rotatable bonds is 9. The summed E-state index contributed by atoms with van der Waals surface area (Å²) in [5, 5.41) is 2.64. The maximum Gasteiger partial charge on any atom is 0.534 e. The lowest BCUT2D eigenvalue weighted by molar-refractivity contribution is -0.0787. The molecule has 16 heteroatoms. The Kier molecular flexibility index (Phi) is 7.90. The number of methoxy groups -OCH3 is 2. The van der Waals surface area contributed by atoms with E-state index in [-0.39, 0.29) is 11.3 Å². The predicted octanol–water partition coefficient (Wildman–Crippen LogP) is 2.95. The fourth-order valence-electron chi connectivity index (χ4n) is 3.09. The van der Waals surface area contributed by atoms with Crippen molar-refractivity contribution in [3.05, 3.63) is 41.2 Å². The lowest BCUT2D eigenvalue weighted by Gasteiger charge is -2.17. The largest absolute Gasteiger partial charge is 0.534 e. The minimum Gasteiger partial charge on any atom is -0.493 e. The summed E-state index contributed by atoms with van der Waals surface area (Å²) in [6.45, 7) is 0.391. The Bertz CT molecular complexity index is 1340. The number of esters is 1. The third-order valence-electron chi connectivity index (χ3n) is 5.12. The third-order valence-corrected chi connectivity index (χ3v) is 6.09. The Morgan fingerprint density at radius 2 is 1.73 bits per heavy atom. The molecule has 1 N–H and O–H groups in total. The number of ether oxygens (including phenoxy) is 2. The second kappa shape index (κ2) is 10.6. The van der Waals surface area contributed by atoms with Crippen LogP contribution in [0.4, 0.5) is 17.7 Å². The highest BCUT2D eigenvalue weighted by molar-refractivity contribution is 7.88. The van der Waals surface area contributed by atoms with Crippen LogP contribution in [0.3, 0.4) is 0 Å². The lowest BCUT2D eigenvalue weighted by atomic mass is 9.96. The number of alkyl halides is 3. The fourth-order valence-corrected chi connectivity index (χ4v) is 3.55. The first kappa shape index (κ1) is 27.6. The summed E-state index contributed by atoms with van der Waals surface area (Å²) in [5.74, 6) is -4.94. The van der Waals surface area contributed by atoms with Gasteiger partial charge in [-0.3, -0.25) is 4.79 Å². The molecule has 11 nitrogen and oxygen atoms in total. The van der Waals surface area contributed by atoms with Gasteiger partial charge < -0.3 is 19.0 Å². The van der Waals surface area contributed by atoms with Crippen LogP contribution in [0.1, 0.15) is 44.2 Å². The molecule has 200 valence electrons. The van der Waals surface area contributed by atoms with Gasteiger partial charge in [-0.25, -0.2) is 19.5 Å². The molecule has 1 aromatic heterocycles. The highest BCUT2D eigenvalue weighted by Gasteiger charge is 2.49. The zero-order valence-electron chi connectivity index (χ0n) is 19.0. The van der Waals surface area contributed by atoms with E-state index < -0.39 is 61.8 Å². The van der Waals surface area contributed by atoms with Gasteiger partial charge in [0.25, 0.3) is 5.91 Å². The van der Waals surface area contributed by atoms with Crippen LogP contribution in [0.15, 0.2) is 24.3 Å². The summed E-state index contributed by atoms with van der Waals surface area (Å²) in [5.41, 5.74) is -8.09. The highest BCUT2D eigenvalue weighted by atomic mass is 32.2. The number of carbonyl (C=O) groups is 3. The van der Waals surface area contributed by atoms with Gasteiger partial charge in [0.05, 0.1) is 19.8 Å². The van der Waals surface area contributed by atoms with Crippen molar-refractivity contribution in [2.24, 2.45) is 5.92 Å². The molecule has 1 aromatic carbocycles. The van der Waals surface area contributed by atoms with Gasteiger partial charge in [-0.1, -0.05) is 0 Å². The molecule has 0 unspecified atom stereocenters. The molecule has 0 atom stereocenters. The van der Waals surface area contributed by atoms with E-state index in [2.05, 4.69) is 24.2 Å². The molecule has 0 spiro atoms. The summed E-state index contributed by atoms with van der Waals surface area (Å²) < 4.78 is 87.9. The van der Waals surface area contributed by atoms with Crippen molar-refractivity contribution in [3.63, 3.8) is 0 Å². The van der Waals surface area contributed by atoms with Gasteiger partial charge in [-0.05, 0) is 37.0 Å². The van der Waals surface area contributed by atoms with Crippen molar-refractivity contribution in [2.75, 3.05) is 20.8 Å². The maximum absolute atomic E-state index is 12.9. The second-order valence-corrected chi connectivity index (χ2v) is 9.17. The van der Waals surface area contributed by atoms with Gasteiger partial charge in [-0.15, -0.1) is 0 Å². The molecule has 0 saturated heterocycles. The zero-order chi connectivity index (χ0) is 27.5. The van der Waals surface area contributed by atoms with E-state index in [1.807, 2.05) is 0 Å². The van der Waals surface area contributed by atoms with Crippen LogP contribution >= 0.6 is 0 Å². The number of benzene rings is 1. The van der Waals surface area contributed by atoms with Gasteiger partial charge in [0.1, 0.15) is 5.69 Å². The first-order chi connectivity index (χ1) is 17.3. The van der Waals surface area contributed by atoms with Crippen molar-refractivity contribution in [1.29, 1.82) is 0 Å². The second-order valence-electron chi connectivity index (χ2n) is 7.63. The minimum atomic E-state index is -6.21. The Hall–Kier alpha value is -3.95. The van der Waals surface area contributed by atoms with Gasteiger partial charge in [0, 0.05) is 28.3 Å². The van der Waals surface area contributed by atoms with Crippen molar-refractivity contribution < 1.29 is 59.1 Å². The predicted molar refractivity (Wildman–Crippen MR) is 115 cm³/mol. The smallest absolute Gasteiger partial charge is 0.493 e. The summed E-state index contributed by atoms with van der Waals surface area (Å²) in [6.07, 6.45) is 1.92. The summed E-state index contributed by atoms with van der Waals surface area (Å²) in [7, 11) is -4.29. The standard InChI is InChI=1S/C21H18F4N2O9S/c1-33-15-7-12(13(19(29)35-25)8-16(15)36-37(31,32)21(22,23)24)11-5-6-14(27-17(11)20(30)34-2)18(28)26-9-10-3-4-10/h5-8,10H,3-4,9H2,1-2H3,(H,26,28). The SMILES string of the molecule is COC(=O)c1nc(C(=O)NCC2CC2)ccc1-c1cc(OC)c(OS(=O)(=O)C(F)(F)F)cc1C(=O)OF. The number of pyridine rings is 1. The number of amides is 1. The van der Waals surface area contributed by atoms with Crippen LogP contribution in [0.5, 0.6) is 11.5 Å². The van der Waals surface area contributed by atoms with Crippen molar-refractivity contribution in [1.82, 2.24) is 10.3 Å². The quantitative estimate of drug-likeness (QED) is 0.214. The molecule has 1 amide bonds. The average molecular weight is 550 g/mol. The molecular formula is C21H18F4N2O9S. The van der Waals surface area contributed by atoms with Crippen LogP contribution in [0, 0.1) is 5.92 Å². The molecule has 2 aromatic rings. The number of carbonyl (C=O) groups excluding carboxylic acids is 3. The normalized spacial score (nSPS) is 13.5. The monoisotopic (exact) mass is 550 g/mol. The van der Waals surface area contributed by atoms with Gasteiger partial charge >= 0.3 is 27.6 Å². The van der Waals surface area contributed by atoms with E-state index in [9.17, 15) is 40.5 Å². The number of hydrogen-bond donors (Lipinski definition) is 1. The van der Waals surface area contributed by atoms with Gasteiger partial charge in [0.15, 0.2) is 17.2 Å². The molecule has 0 radical (unpaired) electrons. The number of aromatic nitrogens is 1. The molecule has 0 aliphatic heterocycles. The fraction of sp³-hybridized carbons (Fsp3) is 0.333. The average Bonchev–Trinajstić information content (AvgIpc) is 3.69. The third kappa shape index (κ3) is 6.07. The van der Waals surface area contributed by atoms with E-state index >= 15 is 0 Å². The number of hydrogen-bond acceptors (Lipinski definition) is 10. The number of nitrogens with one attached hydrogen (secondary N) is 1. The maximum atomic E-state index is 12.9. The summed E-state index contributed by atoms with van der Waals surface area (Å²) in [4.78, 5) is 44.2. The van der Waals surface area contributed by atoms with Crippen molar-refractivity contribution >= 4 is 28.0 Å². The highest BCUT2D eigenvalue weighted by Crippen LogP contribution is 2.40. The molecule has 0 bridgehead atoms. The molecule has 1 aliphatic rings. The minimum absolute atomic E-state index is 0.206. The zero-order valence-corrected chi connectivity index (χ0v) is 19.9. The topological polar surface area (TPSA) is 147 Å². The summed E-state index contributed by atoms with van der Waals surface area (Å²) in [6, 6.07) is 3.52.